The highest BCUT2D eigenvalue weighted by molar-refractivity contribution is 6.11. The Labute approximate surface area is 195 Å². The number of aryl methyl sites for hydroxylation is 1. The van der Waals surface area contributed by atoms with E-state index in [1.54, 1.807) is 51.9 Å². The van der Waals surface area contributed by atoms with Gasteiger partial charge < -0.3 is 29.2 Å². The van der Waals surface area contributed by atoms with Gasteiger partial charge in [-0.15, -0.1) is 0 Å². The zero-order valence-corrected chi connectivity index (χ0v) is 18.5. The molecule has 3 amide bonds. The van der Waals surface area contributed by atoms with E-state index >= 15 is 0 Å². The predicted octanol–water partition coefficient (Wildman–Crippen LogP) is 2.34. The lowest BCUT2D eigenvalue weighted by molar-refractivity contribution is -0.121. The fourth-order valence-corrected chi connectivity index (χ4v) is 4.74. The van der Waals surface area contributed by atoms with E-state index in [2.05, 4.69) is 5.32 Å². The monoisotopic (exact) mass is 458 g/mol. The summed E-state index contributed by atoms with van der Waals surface area (Å²) < 4.78 is 12.6. The van der Waals surface area contributed by atoms with Gasteiger partial charge in [0.15, 0.2) is 11.5 Å². The van der Waals surface area contributed by atoms with Crippen molar-refractivity contribution in [2.45, 2.75) is 6.04 Å². The van der Waals surface area contributed by atoms with E-state index < -0.39 is 6.04 Å². The molecule has 3 aliphatic rings. The normalized spacial score (nSPS) is 18.8. The number of hydrogen-bond acceptors (Lipinski definition) is 5. The van der Waals surface area contributed by atoms with Gasteiger partial charge in [0.1, 0.15) is 11.7 Å². The van der Waals surface area contributed by atoms with Crippen LogP contribution >= 0.6 is 0 Å². The summed E-state index contributed by atoms with van der Waals surface area (Å²) in [4.78, 5) is 42.8. The van der Waals surface area contributed by atoms with Gasteiger partial charge >= 0.3 is 0 Å². The van der Waals surface area contributed by atoms with Gasteiger partial charge in [-0.25, -0.2) is 0 Å². The average Bonchev–Trinajstić information content (AvgIpc) is 3.49. The zero-order valence-electron chi connectivity index (χ0n) is 18.5. The molecule has 1 atom stereocenters. The van der Waals surface area contributed by atoms with E-state index in [4.69, 9.17) is 9.47 Å². The van der Waals surface area contributed by atoms with Gasteiger partial charge in [0.05, 0.1) is 17.8 Å². The van der Waals surface area contributed by atoms with Crippen LogP contribution in [0.4, 0.5) is 5.69 Å². The number of hydrogen-bond donors (Lipinski definition) is 1. The van der Waals surface area contributed by atoms with Crippen LogP contribution in [0.3, 0.4) is 0 Å². The highest BCUT2D eigenvalue weighted by Crippen LogP contribution is 2.37. The number of amides is 3. The molecule has 0 aliphatic carbocycles. The summed E-state index contributed by atoms with van der Waals surface area (Å²) in [5.74, 6) is 0.664. The second-order valence-electron chi connectivity index (χ2n) is 8.59. The second kappa shape index (κ2) is 7.65. The van der Waals surface area contributed by atoms with Crippen molar-refractivity contribution >= 4 is 23.4 Å². The summed E-state index contributed by atoms with van der Waals surface area (Å²) in [5, 5.41) is 2.89. The van der Waals surface area contributed by atoms with Crippen molar-refractivity contribution in [3.8, 4) is 22.6 Å². The van der Waals surface area contributed by atoms with Gasteiger partial charge in [-0.1, -0.05) is 12.1 Å². The van der Waals surface area contributed by atoms with Crippen LogP contribution < -0.4 is 14.8 Å². The highest BCUT2D eigenvalue weighted by Gasteiger charge is 2.40. The number of anilines is 1. The standard InChI is InChI=1S/C25H22N4O5/c1-27-8-2-3-19(27)25(32)28-9-10-29-20(13-28)23(30)26-18-6-4-15(11-17(18)24(29)31)16-5-7-21-22(12-16)34-14-33-21/h2-8,11-12,20H,9-10,13-14H2,1H3,(H,26,30). The van der Waals surface area contributed by atoms with E-state index in [1.807, 2.05) is 24.3 Å². The first-order chi connectivity index (χ1) is 16.5. The fourth-order valence-electron chi connectivity index (χ4n) is 4.74. The number of benzene rings is 2. The van der Waals surface area contributed by atoms with Crippen molar-refractivity contribution in [3.05, 3.63) is 66.0 Å². The van der Waals surface area contributed by atoms with Crippen LogP contribution in [0, 0.1) is 0 Å². The summed E-state index contributed by atoms with van der Waals surface area (Å²) in [7, 11) is 1.81. The number of piperazine rings is 1. The van der Waals surface area contributed by atoms with E-state index in [9.17, 15) is 14.4 Å². The van der Waals surface area contributed by atoms with E-state index in [0.29, 0.717) is 35.0 Å². The molecule has 3 aliphatic heterocycles. The lowest BCUT2D eigenvalue weighted by Gasteiger charge is -2.39. The van der Waals surface area contributed by atoms with Gasteiger partial charge in [0, 0.05) is 26.3 Å². The fraction of sp³-hybridized carbons (Fsp3) is 0.240. The Balaban J connectivity index is 1.29. The number of fused-ring (bicyclic) bond motifs is 3. The van der Waals surface area contributed by atoms with Gasteiger partial charge in [-0.3, -0.25) is 14.4 Å². The Kier molecular flexibility index (Phi) is 4.58. The number of aromatic nitrogens is 1. The number of rotatable bonds is 2. The molecular formula is C25H22N4O5. The van der Waals surface area contributed by atoms with Gasteiger partial charge in [0.25, 0.3) is 11.8 Å². The summed E-state index contributed by atoms with van der Waals surface area (Å²) >= 11 is 0. The lowest BCUT2D eigenvalue weighted by Crippen LogP contribution is -2.59. The van der Waals surface area contributed by atoms with Gasteiger partial charge in [-0.2, -0.15) is 0 Å². The molecule has 172 valence electrons. The maximum absolute atomic E-state index is 13.5. The number of carbonyl (C=O) groups is 3. The molecule has 0 saturated carbocycles. The molecule has 1 unspecified atom stereocenters. The first-order valence-electron chi connectivity index (χ1n) is 11.1. The minimum Gasteiger partial charge on any atom is -0.454 e. The Morgan fingerprint density at radius 1 is 1.00 bits per heavy atom. The van der Waals surface area contributed by atoms with Crippen LogP contribution in [-0.4, -0.2) is 64.6 Å². The number of nitrogens with zero attached hydrogens (tertiary/aromatic N) is 3. The van der Waals surface area contributed by atoms with Crippen LogP contribution in [0.25, 0.3) is 11.1 Å². The summed E-state index contributed by atoms with van der Waals surface area (Å²) in [6.45, 7) is 0.968. The second-order valence-corrected chi connectivity index (χ2v) is 8.59. The maximum Gasteiger partial charge on any atom is 0.270 e. The molecule has 1 fully saturated rings. The first kappa shape index (κ1) is 20.3. The number of carbonyl (C=O) groups excluding carboxylic acids is 3. The molecule has 0 radical (unpaired) electrons. The average molecular weight is 458 g/mol. The van der Waals surface area contributed by atoms with Crippen molar-refractivity contribution in [1.29, 1.82) is 0 Å². The third-order valence-corrected chi connectivity index (χ3v) is 6.61. The molecule has 3 aromatic rings. The minimum absolute atomic E-state index is 0.143. The predicted molar refractivity (Wildman–Crippen MR) is 123 cm³/mol. The van der Waals surface area contributed by atoms with Crippen LogP contribution in [0.15, 0.2) is 54.7 Å². The van der Waals surface area contributed by atoms with E-state index in [-0.39, 0.29) is 37.6 Å². The molecule has 1 N–H and O–H groups in total. The molecule has 0 bridgehead atoms. The quantitative estimate of drug-likeness (QED) is 0.636. The molecule has 9 heteroatoms. The summed E-state index contributed by atoms with van der Waals surface area (Å²) in [5.41, 5.74) is 3.15. The van der Waals surface area contributed by atoms with Gasteiger partial charge in [-0.05, 0) is 47.5 Å². The Bertz CT molecular complexity index is 1350. The molecule has 6 rings (SSSR count). The maximum atomic E-state index is 13.5. The molecule has 2 aromatic carbocycles. The third-order valence-electron chi connectivity index (χ3n) is 6.61. The summed E-state index contributed by atoms with van der Waals surface area (Å²) in [6.07, 6.45) is 1.81. The van der Waals surface area contributed by atoms with E-state index in [1.165, 1.54) is 0 Å². The van der Waals surface area contributed by atoms with Crippen molar-refractivity contribution in [2.75, 3.05) is 31.7 Å². The van der Waals surface area contributed by atoms with Crippen molar-refractivity contribution < 1.29 is 23.9 Å². The molecular weight excluding hydrogens is 436 g/mol. The summed E-state index contributed by atoms with van der Waals surface area (Å²) in [6, 6.07) is 13.8. The third kappa shape index (κ3) is 3.20. The molecule has 9 nitrogen and oxygen atoms in total. The topological polar surface area (TPSA) is 93.1 Å². The number of nitrogens with one attached hydrogen (secondary N) is 1. The van der Waals surface area contributed by atoms with Crippen LogP contribution in [0.1, 0.15) is 20.8 Å². The molecule has 34 heavy (non-hydrogen) atoms. The van der Waals surface area contributed by atoms with Crippen LogP contribution in [-0.2, 0) is 11.8 Å². The Morgan fingerprint density at radius 2 is 1.79 bits per heavy atom. The smallest absolute Gasteiger partial charge is 0.270 e. The lowest BCUT2D eigenvalue weighted by atomic mass is 10.0. The molecule has 1 saturated heterocycles. The van der Waals surface area contributed by atoms with Crippen LogP contribution in [0.5, 0.6) is 11.5 Å². The molecule has 1 aromatic heterocycles. The Morgan fingerprint density at radius 3 is 2.62 bits per heavy atom. The molecule has 4 heterocycles. The van der Waals surface area contributed by atoms with Crippen LogP contribution in [0.2, 0.25) is 0 Å². The highest BCUT2D eigenvalue weighted by atomic mass is 16.7. The van der Waals surface area contributed by atoms with Gasteiger partial charge in [0.2, 0.25) is 12.7 Å². The van der Waals surface area contributed by atoms with E-state index in [0.717, 1.165) is 11.1 Å². The largest absolute Gasteiger partial charge is 0.454 e. The zero-order chi connectivity index (χ0) is 23.4. The van der Waals surface area contributed by atoms with Crippen molar-refractivity contribution in [2.24, 2.45) is 7.05 Å². The first-order valence-corrected chi connectivity index (χ1v) is 11.1. The molecule has 0 spiro atoms. The number of ether oxygens (including phenoxy) is 2. The van der Waals surface area contributed by atoms with Crippen molar-refractivity contribution in [3.63, 3.8) is 0 Å². The Hall–Kier alpha value is -4.27. The SMILES string of the molecule is Cn1cccc1C(=O)N1CCN2C(=O)c3cc(-c4ccc5c(c4)OCO5)ccc3NC(=O)C2C1. The van der Waals surface area contributed by atoms with Crippen molar-refractivity contribution in [1.82, 2.24) is 14.4 Å². The minimum atomic E-state index is -0.758.